The minimum absolute atomic E-state index is 0.0526. The molecule has 0 radical (unpaired) electrons. The quantitative estimate of drug-likeness (QED) is 0.732. The van der Waals surface area contributed by atoms with Crippen LogP contribution in [0.4, 0.5) is 4.39 Å². The lowest BCUT2D eigenvalue weighted by Gasteiger charge is -2.30. The first-order chi connectivity index (χ1) is 7.63. The number of ketones is 1. The number of carbonyl (C=O) groups excluding carboxylic acids is 1. The lowest BCUT2D eigenvalue weighted by molar-refractivity contribution is 0.100. The Labute approximate surface area is 99.4 Å². The maximum atomic E-state index is 14.8. The molecule has 0 spiro atoms. The van der Waals surface area contributed by atoms with Gasteiger partial charge in [-0.2, -0.15) is 11.8 Å². The van der Waals surface area contributed by atoms with E-state index in [0.29, 0.717) is 23.3 Å². The minimum Gasteiger partial charge on any atom is -0.294 e. The molecule has 0 N–H and O–H groups in total. The van der Waals surface area contributed by atoms with E-state index in [9.17, 15) is 9.18 Å². The SMILES string of the molecule is CC(=O)c1ccccc1C1(F)CCCSC1. The van der Waals surface area contributed by atoms with E-state index < -0.39 is 5.67 Å². The van der Waals surface area contributed by atoms with Gasteiger partial charge < -0.3 is 0 Å². The van der Waals surface area contributed by atoms with Crippen LogP contribution in [0.5, 0.6) is 0 Å². The van der Waals surface area contributed by atoms with Crippen LogP contribution in [-0.2, 0) is 5.67 Å². The monoisotopic (exact) mass is 238 g/mol. The van der Waals surface area contributed by atoms with Crippen LogP contribution in [0.2, 0.25) is 0 Å². The van der Waals surface area contributed by atoms with Gasteiger partial charge in [0.15, 0.2) is 5.78 Å². The maximum Gasteiger partial charge on any atom is 0.160 e. The lowest BCUT2D eigenvalue weighted by Crippen LogP contribution is -2.29. The van der Waals surface area contributed by atoms with Crippen molar-refractivity contribution in [3.8, 4) is 0 Å². The van der Waals surface area contributed by atoms with Crippen molar-refractivity contribution < 1.29 is 9.18 Å². The summed E-state index contributed by atoms with van der Waals surface area (Å²) in [5.41, 5.74) is -0.201. The van der Waals surface area contributed by atoms with E-state index in [-0.39, 0.29) is 5.78 Å². The molecule has 86 valence electrons. The van der Waals surface area contributed by atoms with Gasteiger partial charge in [-0.25, -0.2) is 4.39 Å². The van der Waals surface area contributed by atoms with Crippen LogP contribution in [-0.4, -0.2) is 17.3 Å². The van der Waals surface area contributed by atoms with Crippen LogP contribution in [0.15, 0.2) is 24.3 Å². The van der Waals surface area contributed by atoms with E-state index >= 15 is 0 Å². The van der Waals surface area contributed by atoms with Gasteiger partial charge in [-0.1, -0.05) is 24.3 Å². The minimum atomic E-state index is -1.31. The summed E-state index contributed by atoms with van der Waals surface area (Å²) in [5.74, 6) is 1.44. The summed E-state index contributed by atoms with van der Waals surface area (Å²) in [6.07, 6.45) is 1.41. The Hall–Kier alpha value is -0.830. The fourth-order valence-corrected chi connectivity index (χ4v) is 3.27. The Kier molecular flexibility index (Phi) is 3.33. The van der Waals surface area contributed by atoms with Crippen molar-refractivity contribution in [1.29, 1.82) is 0 Å². The summed E-state index contributed by atoms with van der Waals surface area (Å²) >= 11 is 1.63. The number of rotatable bonds is 2. The molecule has 0 aliphatic carbocycles. The van der Waals surface area contributed by atoms with Crippen molar-refractivity contribution in [3.05, 3.63) is 35.4 Å². The largest absolute Gasteiger partial charge is 0.294 e. The van der Waals surface area contributed by atoms with Crippen molar-refractivity contribution >= 4 is 17.5 Å². The molecule has 1 saturated heterocycles. The predicted octanol–water partition coefficient (Wildman–Crippen LogP) is 3.58. The Morgan fingerprint density at radius 3 is 2.81 bits per heavy atom. The number of hydrogen-bond acceptors (Lipinski definition) is 2. The zero-order chi connectivity index (χ0) is 11.6. The highest BCUT2D eigenvalue weighted by molar-refractivity contribution is 7.99. The molecule has 1 aromatic rings. The van der Waals surface area contributed by atoms with Gasteiger partial charge in [0.05, 0.1) is 0 Å². The molecule has 1 fully saturated rings. The van der Waals surface area contributed by atoms with E-state index in [4.69, 9.17) is 0 Å². The number of benzene rings is 1. The molecule has 1 unspecified atom stereocenters. The lowest BCUT2D eigenvalue weighted by atomic mass is 9.88. The molecule has 0 amide bonds. The normalized spacial score (nSPS) is 25.4. The summed E-state index contributed by atoms with van der Waals surface area (Å²) in [5, 5.41) is 0. The zero-order valence-electron chi connectivity index (χ0n) is 9.33. The zero-order valence-corrected chi connectivity index (χ0v) is 10.1. The van der Waals surface area contributed by atoms with Crippen molar-refractivity contribution in [2.24, 2.45) is 0 Å². The Bertz CT molecular complexity index is 397. The summed E-state index contributed by atoms with van der Waals surface area (Å²) in [6, 6.07) is 7.07. The standard InChI is InChI=1S/C13H15FOS/c1-10(15)11-5-2-3-6-12(11)13(14)7-4-8-16-9-13/h2-3,5-6H,4,7-9H2,1H3. The van der Waals surface area contributed by atoms with E-state index in [1.165, 1.54) is 6.92 Å². The van der Waals surface area contributed by atoms with Gasteiger partial charge >= 0.3 is 0 Å². The molecule has 0 saturated carbocycles. The van der Waals surface area contributed by atoms with Gasteiger partial charge in [-0.3, -0.25) is 4.79 Å². The van der Waals surface area contributed by atoms with Gasteiger partial charge in [-0.05, 0) is 25.5 Å². The fraction of sp³-hybridized carbons (Fsp3) is 0.462. The van der Waals surface area contributed by atoms with Crippen LogP contribution in [0.25, 0.3) is 0 Å². The highest BCUT2D eigenvalue weighted by Gasteiger charge is 2.36. The predicted molar refractivity (Wildman–Crippen MR) is 65.8 cm³/mol. The van der Waals surface area contributed by atoms with Crippen LogP contribution >= 0.6 is 11.8 Å². The van der Waals surface area contributed by atoms with Crippen LogP contribution in [0.3, 0.4) is 0 Å². The Balaban J connectivity index is 2.42. The summed E-state index contributed by atoms with van der Waals surface area (Å²) in [6.45, 7) is 1.50. The average molecular weight is 238 g/mol. The van der Waals surface area contributed by atoms with E-state index in [2.05, 4.69) is 0 Å². The Morgan fingerprint density at radius 2 is 2.19 bits per heavy atom. The molecular formula is C13H15FOS. The second-order valence-corrected chi connectivity index (χ2v) is 5.33. The second-order valence-electron chi connectivity index (χ2n) is 4.22. The number of halogens is 1. The molecule has 0 aromatic heterocycles. The van der Waals surface area contributed by atoms with Gasteiger partial charge in [-0.15, -0.1) is 0 Å². The van der Waals surface area contributed by atoms with Crippen molar-refractivity contribution in [1.82, 2.24) is 0 Å². The topological polar surface area (TPSA) is 17.1 Å². The number of alkyl halides is 1. The van der Waals surface area contributed by atoms with E-state index in [1.807, 2.05) is 6.07 Å². The number of carbonyl (C=O) groups is 1. The third-order valence-electron chi connectivity index (χ3n) is 2.98. The van der Waals surface area contributed by atoms with Gasteiger partial charge in [0.25, 0.3) is 0 Å². The summed E-state index contributed by atoms with van der Waals surface area (Å²) < 4.78 is 14.8. The molecule has 3 heteroatoms. The first-order valence-corrected chi connectivity index (χ1v) is 6.66. The third-order valence-corrected chi connectivity index (χ3v) is 4.22. The van der Waals surface area contributed by atoms with E-state index in [0.717, 1.165) is 12.2 Å². The fourth-order valence-electron chi connectivity index (χ4n) is 2.15. The van der Waals surface area contributed by atoms with Crippen LogP contribution in [0.1, 0.15) is 35.7 Å². The molecule has 2 rings (SSSR count). The van der Waals surface area contributed by atoms with Gasteiger partial charge in [0.2, 0.25) is 0 Å². The molecule has 1 atom stereocenters. The maximum absolute atomic E-state index is 14.8. The first kappa shape index (κ1) is 11.6. The Morgan fingerprint density at radius 1 is 1.44 bits per heavy atom. The second kappa shape index (κ2) is 4.58. The molecule has 1 heterocycles. The molecule has 16 heavy (non-hydrogen) atoms. The number of hydrogen-bond donors (Lipinski definition) is 0. The van der Waals surface area contributed by atoms with Crippen molar-refractivity contribution in [3.63, 3.8) is 0 Å². The van der Waals surface area contributed by atoms with Crippen LogP contribution in [0, 0.1) is 0 Å². The van der Waals surface area contributed by atoms with Crippen LogP contribution < -0.4 is 0 Å². The van der Waals surface area contributed by atoms with Gasteiger partial charge in [0, 0.05) is 16.9 Å². The van der Waals surface area contributed by atoms with Gasteiger partial charge in [0.1, 0.15) is 5.67 Å². The molecule has 0 bridgehead atoms. The van der Waals surface area contributed by atoms with Crippen molar-refractivity contribution in [2.45, 2.75) is 25.4 Å². The van der Waals surface area contributed by atoms with Crippen molar-refractivity contribution in [2.75, 3.05) is 11.5 Å². The summed E-state index contributed by atoms with van der Waals surface area (Å²) in [7, 11) is 0. The molecule has 1 aliphatic heterocycles. The summed E-state index contributed by atoms with van der Waals surface area (Å²) in [4.78, 5) is 11.5. The molecule has 1 aliphatic rings. The molecule has 1 nitrogen and oxygen atoms in total. The number of thioether (sulfide) groups is 1. The highest BCUT2D eigenvalue weighted by atomic mass is 32.2. The average Bonchev–Trinajstić information content (AvgIpc) is 2.30. The van der Waals surface area contributed by atoms with E-state index in [1.54, 1.807) is 30.0 Å². The molecule has 1 aromatic carbocycles. The molecular weight excluding hydrogens is 223 g/mol. The third kappa shape index (κ3) is 2.14. The first-order valence-electron chi connectivity index (χ1n) is 5.50. The number of Topliss-reactive ketones (excluding diaryl/α,β-unsaturated/α-hetero) is 1. The highest BCUT2D eigenvalue weighted by Crippen LogP contribution is 2.40. The smallest absolute Gasteiger partial charge is 0.160 e.